The van der Waals surface area contributed by atoms with E-state index in [-0.39, 0.29) is 29.5 Å². The van der Waals surface area contributed by atoms with Crippen LogP contribution in [0.25, 0.3) is 0 Å². The van der Waals surface area contributed by atoms with Crippen LogP contribution >= 0.6 is 0 Å². The molecule has 178 valence electrons. The minimum Gasteiger partial charge on any atom is -0.456 e. The number of allylic oxidation sites excluding steroid dienone is 4. The van der Waals surface area contributed by atoms with E-state index in [0.29, 0.717) is 29.7 Å². The Morgan fingerprint density at radius 1 is 1.12 bits per heavy atom. The van der Waals surface area contributed by atoms with Crippen molar-refractivity contribution in [1.29, 1.82) is 0 Å². The molecule has 33 heavy (non-hydrogen) atoms. The molecule has 8 atom stereocenters. The molecular weight excluding hydrogens is 416 g/mol. The molecule has 1 N–H and O–H groups in total. The van der Waals surface area contributed by atoms with Crippen LogP contribution in [0, 0.1) is 28.6 Å². The molecule has 5 heteroatoms. The van der Waals surface area contributed by atoms with E-state index in [9.17, 15) is 14.7 Å². The molecule has 2 bridgehead atoms. The van der Waals surface area contributed by atoms with Gasteiger partial charge in [-0.1, -0.05) is 30.2 Å². The van der Waals surface area contributed by atoms with Crippen LogP contribution in [0.1, 0.15) is 72.6 Å². The zero-order valence-electron chi connectivity index (χ0n) is 20.3. The van der Waals surface area contributed by atoms with Crippen molar-refractivity contribution in [3.63, 3.8) is 0 Å². The summed E-state index contributed by atoms with van der Waals surface area (Å²) in [6.45, 7) is 8.39. The Balaban J connectivity index is 1.40. The van der Waals surface area contributed by atoms with E-state index in [4.69, 9.17) is 9.47 Å². The second-order valence-electron chi connectivity index (χ2n) is 12.1. The molecule has 0 aromatic carbocycles. The molecule has 2 heterocycles. The predicted molar refractivity (Wildman–Crippen MR) is 123 cm³/mol. The smallest absolute Gasteiger partial charge is 0.336 e. The van der Waals surface area contributed by atoms with Crippen molar-refractivity contribution in [2.24, 2.45) is 28.6 Å². The summed E-state index contributed by atoms with van der Waals surface area (Å²) in [7, 11) is 0. The maximum absolute atomic E-state index is 13.2. The standard InChI is InChI=1S/C28H36O5/c1-16-14-23(32-24(31)18(16)15-29)27(4)21-11-13-28(33-27)20-9-8-17-6-5-7-22(30)26(17,3)19(20)10-12-25(21,28)2/h5,7-8,19-21,23,29H,6,9-15H2,1-4H3/t19-,20+,21-,23+,25+,26-,27-,28+/m0/s1. The van der Waals surface area contributed by atoms with Gasteiger partial charge in [-0.15, -0.1) is 0 Å². The molecule has 0 amide bonds. The fourth-order valence-corrected chi connectivity index (χ4v) is 9.35. The zero-order valence-corrected chi connectivity index (χ0v) is 20.3. The van der Waals surface area contributed by atoms with Gasteiger partial charge in [-0.2, -0.15) is 0 Å². The first-order valence-corrected chi connectivity index (χ1v) is 12.7. The van der Waals surface area contributed by atoms with Gasteiger partial charge in [0.15, 0.2) is 5.78 Å². The number of ketones is 1. The van der Waals surface area contributed by atoms with Crippen LogP contribution < -0.4 is 0 Å². The number of carbonyl (C=O) groups excluding carboxylic acids is 2. The summed E-state index contributed by atoms with van der Waals surface area (Å²) in [5.41, 5.74) is 1.35. The monoisotopic (exact) mass is 452 g/mol. The lowest BCUT2D eigenvalue weighted by atomic mass is 9.46. The first kappa shape index (κ1) is 21.8. The van der Waals surface area contributed by atoms with Crippen LogP contribution in [0.3, 0.4) is 0 Å². The van der Waals surface area contributed by atoms with E-state index in [1.807, 2.05) is 13.0 Å². The number of hydrogen-bond donors (Lipinski definition) is 1. The van der Waals surface area contributed by atoms with Crippen molar-refractivity contribution < 1.29 is 24.2 Å². The summed E-state index contributed by atoms with van der Waals surface area (Å²) in [5.74, 6) is 0.757. The van der Waals surface area contributed by atoms with Crippen LogP contribution in [-0.4, -0.2) is 40.8 Å². The molecule has 6 aliphatic rings. The highest BCUT2D eigenvalue weighted by molar-refractivity contribution is 5.98. The fourth-order valence-electron chi connectivity index (χ4n) is 9.35. The molecule has 2 aliphatic heterocycles. The maximum atomic E-state index is 13.2. The van der Waals surface area contributed by atoms with Gasteiger partial charge in [-0.05, 0) is 83.1 Å². The molecule has 4 aliphatic carbocycles. The largest absolute Gasteiger partial charge is 0.456 e. The van der Waals surface area contributed by atoms with Crippen molar-refractivity contribution in [3.8, 4) is 0 Å². The number of aliphatic hydroxyl groups is 1. The van der Waals surface area contributed by atoms with Crippen LogP contribution in [0.2, 0.25) is 0 Å². The lowest BCUT2D eigenvalue weighted by Crippen LogP contribution is -2.60. The lowest BCUT2D eigenvalue weighted by molar-refractivity contribution is -0.231. The molecule has 0 spiro atoms. The Bertz CT molecular complexity index is 1040. The second-order valence-corrected chi connectivity index (χ2v) is 12.1. The third kappa shape index (κ3) is 2.41. The van der Waals surface area contributed by atoms with Gasteiger partial charge in [0, 0.05) is 11.8 Å². The van der Waals surface area contributed by atoms with Crippen molar-refractivity contribution in [2.45, 2.75) is 89.9 Å². The Morgan fingerprint density at radius 2 is 1.91 bits per heavy atom. The van der Waals surface area contributed by atoms with Gasteiger partial charge in [-0.3, -0.25) is 4.79 Å². The van der Waals surface area contributed by atoms with E-state index in [2.05, 4.69) is 26.8 Å². The minimum atomic E-state index is -0.554. The molecule has 3 fully saturated rings. The van der Waals surface area contributed by atoms with Gasteiger partial charge in [0.2, 0.25) is 0 Å². The molecule has 0 unspecified atom stereocenters. The highest BCUT2D eigenvalue weighted by Crippen LogP contribution is 2.75. The summed E-state index contributed by atoms with van der Waals surface area (Å²) in [4.78, 5) is 25.9. The molecular formula is C28H36O5. The van der Waals surface area contributed by atoms with Crippen LogP contribution in [0.5, 0.6) is 0 Å². The Kier molecular flexibility index (Phi) is 4.42. The number of ether oxygens (including phenoxy) is 2. The average molecular weight is 453 g/mol. The second kappa shape index (κ2) is 6.69. The van der Waals surface area contributed by atoms with E-state index in [1.54, 1.807) is 6.08 Å². The summed E-state index contributed by atoms with van der Waals surface area (Å²) < 4.78 is 13.2. The number of fused-ring (bicyclic) bond motifs is 3. The van der Waals surface area contributed by atoms with E-state index < -0.39 is 17.0 Å². The highest BCUT2D eigenvalue weighted by Gasteiger charge is 2.77. The Labute approximate surface area is 196 Å². The van der Waals surface area contributed by atoms with Gasteiger partial charge < -0.3 is 14.6 Å². The highest BCUT2D eigenvalue weighted by atomic mass is 16.6. The molecule has 5 nitrogen and oxygen atoms in total. The van der Waals surface area contributed by atoms with Gasteiger partial charge in [-0.25, -0.2) is 4.79 Å². The molecule has 0 radical (unpaired) electrons. The Hall–Kier alpha value is -1.72. The SMILES string of the molecule is CC1=C(CO)C(=O)O[C@@H]([C@@]2(C)O[C@@]34CC[C@H]2[C@@]3(C)CC[C@H]2[C@H]4CC=C3CC=CC(=O)[C@@]32C)C1. The first-order chi connectivity index (χ1) is 15.6. The number of rotatable bonds is 2. The summed E-state index contributed by atoms with van der Waals surface area (Å²) >= 11 is 0. The number of aliphatic hydroxyl groups excluding tert-OH is 1. The molecule has 0 aromatic rings. The number of carbonyl (C=O) groups is 2. The lowest BCUT2D eigenvalue weighted by Gasteiger charge is -2.59. The fraction of sp³-hybridized carbons (Fsp3) is 0.714. The zero-order chi connectivity index (χ0) is 23.4. The van der Waals surface area contributed by atoms with Crippen molar-refractivity contribution >= 4 is 11.8 Å². The molecule has 1 saturated heterocycles. The van der Waals surface area contributed by atoms with Gasteiger partial charge in [0.1, 0.15) is 11.7 Å². The summed E-state index contributed by atoms with van der Waals surface area (Å²) in [6.07, 6.45) is 12.5. The first-order valence-electron chi connectivity index (χ1n) is 12.7. The van der Waals surface area contributed by atoms with Gasteiger partial charge >= 0.3 is 5.97 Å². The van der Waals surface area contributed by atoms with E-state index in [0.717, 1.165) is 44.1 Å². The Morgan fingerprint density at radius 3 is 2.64 bits per heavy atom. The molecule has 0 aromatic heterocycles. The van der Waals surface area contributed by atoms with Crippen LogP contribution in [0.15, 0.2) is 34.9 Å². The van der Waals surface area contributed by atoms with Crippen LogP contribution in [-0.2, 0) is 19.1 Å². The predicted octanol–water partition coefficient (Wildman–Crippen LogP) is 4.45. The van der Waals surface area contributed by atoms with Gasteiger partial charge in [0.05, 0.1) is 23.2 Å². The minimum absolute atomic E-state index is 0.0133. The topological polar surface area (TPSA) is 72.8 Å². The summed E-state index contributed by atoms with van der Waals surface area (Å²) in [6, 6.07) is 0. The number of hydrogen-bond acceptors (Lipinski definition) is 5. The third-order valence-corrected chi connectivity index (χ3v) is 11.1. The molecule has 6 rings (SSSR count). The summed E-state index contributed by atoms with van der Waals surface area (Å²) in [5, 5.41) is 9.60. The van der Waals surface area contributed by atoms with E-state index in [1.165, 1.54) is 5.57 Å². The third-order valence-electron chi connectivity index (χ3n) is 11.1. The quantitative estimate of drug-likeness (QED) is 0.495. The van der Waals surface area contributed by atoms with Crippen molar-refractivity contribution in [1.82, 2.24) is 0 Å². The van der Waals surface area contributed by atoms with Crippen LogP contribution in [0.4, 0.5) is 0 Å². The normalized spacial score (nSPS) is 50.5. The number of cyclic esters (lactones) is 1. The van der Waals surface area contributed by atoms with Gasteiger partial charge in [0.25, 0.3) is 0 Å². The number of esters is 1. The van der Waals surface area contributed by atoms with E-state index >= 15 is 0 Å². The van der Waals surface area contributed by atoms with Crippen molar-refractivity contribution in [2.75, 3.05) is 6.61 Å². The van der Waals surface area contributed by atoms with Crippen molar-refractivity contribution in [3.05, 3.63) is 34.9 Å². The molecule has 2 saturated carbocycles. The average Bonchev–Trinajstić information content (AvgIpc) is 3.18. The maximum Gasteiger partial charge on any atom is 0.336 e.